The van der Waals surface area contributed by atoms with Crippen LogP contribution in [0.3, 0.4) is 0 Å². The van der Waals surface area contributed by atoms with E-state index >= 15 is 0 Å². The quantitative estimate of drug-likeness (QED) is 0.459. The number of hydrogen-bond acceptors (Lipinski definition) is 8. The minimum atomic E-state index is -0.667. The van der Waals surface area contributed by atoms with Gasteiger partial charge in [-0.25, -0.2) is 9.78 Å². The van der Waals surface area contributed by atoms with Crippen LogP contribution >= 0.6 is 22.7 Å². The van der Waals surface area contributed by atoms with Crippen molar-refractivity contribution in [1.29, 1.82) is 0 Å². The van der Waals surface area contributed by atoms with Crippen molar-refractivity contribution in [3.8, 4) is 21.3 Å². The molecule has 8 heteroatoms. The minimum absolute atomic E-state index is 0.242. The van der Waals surface area contributed by atoms with E-state index in [-0.39, 0.29) is 11.6 Å². The van der Waals surface area contributed by atoms with Crippen LogP contribution in [0.25, 0.3) is 21.3 Å². The molecule has 0 spiro atoms. The van der Waals surface area contributed by atoms with Gasteiger partial charge in [-0.15, -0.1) is 32.9 Å². The fraction of sp³-hybridized carbons (Fsp3) is 0.111. The van der Waals surface area contributed by atoms with E-state index in [1.54, 1.807) is 23.6 Å². The molecule has 0 aliphatic rings. The Morgan fingerprint density at radius 3 is 2.73 bits per heavy atom. The topological polar surface area (TPSA) is 78.1 Å². The first-order valence-corrected chi connectivity index (χ1v) is 9.56. The van der Waals surface area contributed by atoms with Gasteiger partial charge >= 0.3 is 5.97 Å². The van der Waals surface area contributed by atoms with Crippen molar-refractivity contribution < 1.29 is 13.9 Å². The smallest absolute Gasteiger partial charge is 0.358 e. The number of aromatic nitrogens is 3. The summed E-state index contributed by atoms with van der Waals surface area (Å²) in [5.41, 5.74) is 1.08. The Labute approximate surface area is 157 Å². The summed E-state index contributed by atoms with van der Waals surface area (Å²) in [6.07, 6.45) is -0.667. The molecular weight excluding hydrogens is 370 g/mol. The molecule has 1 aromatic carbocycles. The molecular formula is C18H13N3O3S2. The first-order chi connectivity index (χ1) is 12.7. The number of thiazole rings is 1. The summed E-state index contributed by atoms with van der Waals surface area (Å²) >= 11 is 2.98. The summed E-state index contributed by atoms with van der Waals surface area (Å²) < 4.78 is 11.0. The molecule has 6 nitrogen and oxygen atoms in total. The van der Waals surface area contributed by atoms with Crippen molar-refractivity contribution in [2.45, 2.75) is 13.0 Å². The van der Waals surface area contributed by atoms with Gasteiger partial charge in [-0.3, -0.25) is 0 Å². The zero-order valence-corrected chi connectivity index (χ0v) is 15.3. The lowest BCUT2D eigenvalue weighted by molar-refractivity contribution is 0.0274. The maximum absolute atomic E-state index is 12.3. The SMILES string of the molecule is CC(OC(=O)c1csc(-c2cccs2)n1)c1nnc(-c2ccccc2)o1. The highest BCUT2D eigenvalue weighted by Gasteiger charge is 2.22. The van der Waals surface area contributed by atoms with E-state index in [1.165, 1.54) is 11.3 Å². The van der Waals surface area contributed by atoms with Gasteiger partial charge in [0.15, 0.2) is 11.8 Å². The molecule has 4 rings (SSSR count). The Morgan fingerprint density at radius 2 is 1.96 bits per heavy atom. The number of benzene rings is 1. The van der Waals surface area contributed by atoms with E-state index in [0.29, 0.717) is 5.89 Å². The number of carbonyl (C=O) groups excluding carboxylic acids is 1. The van der Waals surface area contributed by atoms with E-state index in [4.69, 9.17) is 9.15 Å². The third-order valence-corrected chi connectivity index (χ3v) is 5.42. The average molecular weight is 383 g/mol. The lowest BCUT2D eigenvalue weighted by Crippen LogP contribution is -2.10. The van der Waals surface area contributed by atoms with Crippen LogP contribution in [0.15, 0.2) is 57.6 Å². The lowest BCUT2D eigenvalue weighted by atomic mass is 10.2. The molecule has 1 atom stereocenters. The Bertz CT molecular complexity index is 1010. The molecule has 3 heterocycles. The summed E-state index contributed by atoms with van der Waals surface area (Å²) in [5.74, 6) is 0.110. The molecule has 0 N–H and O–H groups in total. The minimum Gasteiger partial charge on any atom is -0.448 e. The van der Waals surface area contributed by atoms with Crippen LogP contribution in [0.1, 0.15) is 29.4 Å². The fourth-order valence-corrected chi connectivity index (χ4v) is 3.85. The number of carbonyl (C=O) groups is 1. The molecule has 0 saturated heterocycles. The van der Waals surface area contributed by atoms with Gasteiger partial charge in [-0.05, 0) is 30.5 Å². The molecule has 4 aromatic rings. The second-order valence-corrected chi connectivity index (χ2v) is 7.18. The Balaban J connectivity index is 1.46. The second kappa shape index (κ2) is 7.19. The molecule has 3 aromatic heterocycles. The maximum Gasteiger partial charge on any atom is 0.358 e. The van der Waals surface area contributed by atoms with Gasteiger partial charge in [0.2, 0.25) is 5.89 Å². The number of ether oxygens (including phenoxy) is 1. The fourth-order valence-electron chi connectivity index (χ4n) is 2.25. The number of esters is 1. The van der Waals surface area contributed by atoms with Gasteiger partial charge in [0.1, 0.15) is 5.01 Å². The number of hydrogen-bond donors (Lipinski definition) is 0. The van der Waals surface area contributed by atoms with E-state index in [9.17, 15) is 4.79 Å². The molecule has 0 saturated carbocycles. The molecule has 26 heavy (non-hydrogen) atoms. The predicted molar refractivity (Wildman–Crippen MR) is 99.0 cm³/mol. The molecule has 0 amide bonds. The van der Waals surface area contributed by atoms with Gasteiger partial charge in [-0.2, -0.15) is 0 Å². The molecule has 0 fully saturated rings. The largest absolute Gasteiger partial charge is 0.448 e. The van der Waals surface area contributed by atoms with Crippen molar-refractivity contribution in [2.24, 2.45) is 0 Å². The van der Waals surface area contributed by atoms with Crippen molar-refractivity contribution in [3.05, 3.63) is 64.8 Å². The standard InChI is InChI=1S/C18H13N3O3S2/c1-11(15-20-21-16(24-15)12-6-3-2-4-7-12)23-18(22)13-10-26-17(19-13)14-8-5-9-25-14/h2-11H,1H3. The van der Waals surface area contributed by atoms with E-state index in [1.807, 2.05) is 47.8 Å². The Kier molecular flexibility index (Phi) is 4.59. The van der Waals surface area contributed by atoms with Crippen LogP contribution in [-0.2, 0) is 4.74 Å². The van der Waals surface area contributed by atoms with Gasteiger partial charge in [0.25, 0.3) is 5.89 Å². The van der Waals surface area contributed by atoms with Crippen molar-refractivity contribution in [1.82, 2.24) is 15.2 Å². The van der Waals surface area contributed by atoms with Gasteiger partial charge in [0.05, 0.1) is 4.88 Å². The van der Waals surface area contributed by atoms with E-state index in [0.717, 1.165) is 15.4 Å². The van der Waals surface area contributed by atoms with Crippen LogP contribution in [0.4, 0.5) is 0 Å². The summed E-state index contributed by atoms with van der Waals surface area (Å²) in [5, 5.41) is 12.4. The molecule has 130 valence electrons. The van der Waals surface area contributed by atoms with Crippen molar-refractivity contribution in [3.63, 3.8) is 0 Å². The maximum atomic E-state index is 12.3. The van der Waals surface area contributed by atoms with Crippen molar-refractivity contribution >= 4 is 28.6 Å². The number of thiophene rings is 1. The Morgan fingerprint density at radius 1 is 1.12 bits per heavy atom. The molecule has 0 aliphatic heterocycles. The first-order valence-electron chi connectivity index (χ1n) is 7.80. The zero-order chi connectivity index (χ0) is 17.9. The van der Waals surface area contributed by atoms with Crippen molar-refractivity contribution in [2.75, 3.05) is 0 Å². The first kappa shape index (κ1) is 16.6. The van der Waals surface area contributed by atoms with Crippen LogP contribution in [-0.4, -0.2) is 21.2 Å². The lowest BCUT2D eigenvalue weighted by Gasteiger charge is -2.07. The van der Waals surface area contributed by atoms with E-state index in [2.05, 4.69) is 15.2 Å². The number of rotatable bonds is 5. The molecule has 1 unspecified atom stereocenters. The summed E-state index contributed by atoms with van der Waals surface area (Å²) in [6, 6.07) is 13.3. The third kappa shape index (κ3) is 3.42. The van der Waals surface area contributed by atoms with Crippen LogP contribution in [0.5, 0.6) is 0 Å². The summed E-state index contributed by atoms with van der Waals surface area (Å²) in [7, 11) is 0. The summed E-state index contributed by atoms with van der Waals surface area (Å²) in [6.45, 7) is 1.69. The highest BCUT2D eigenvalue weighted by molar-refractivity contribution is 7.20. The average Bonchev–Trinajstić information content (AvgIpc) is 3.43. The highest BCUT2D eigenvalue weighted by atomic mass is 32.1. The van der Waals surface area contributed by atoms with Crippen LogP contribution < -0.4 is 0 Å². The second-order valence-electron chi connectivity index (χ2n) is 5.37. The molecule has 0 bridgehead atoms. The van der Waals surface area contributed by atoms with Gasteiger partial charge in [-0.1, -0.05) is 24.3 Å². The van der Waals surface area contributed by atoms with Gasteiger partial charge in [0, 0.05) is 10.9 Å². The van der Waals surface area contributed by atoms with E-state index < -0.39 is 12.1 Å². The normalized spacial score (nSPS) is 12.0. The number of nitrogens with zero attached hydrogens (tertiary/aromatic N) is 3. The summed E-state index contributed by atoms with van der Waals surface area (Å²) in [4.78, 5) is 17.7. The molecule has 0 radical (unpaired) electrons. The predicted octanol–water partition coefficient (Wildman–Crippen LogP) is 4.84. The van der Waals surface area contributed by atoms with Crippen LogP contribution in [0.2, 0.25) is 0 Å². The monoisotopic (exact) mass is 383 g/mol. The molecule has 0 aliphatic carbocycles. The Hall–Kier alpha value is -2.84. The van der Waals surface area contributed by atoms with Crippen LogP contribution in [0, 0.1) is 0 Å². The van der Waals surface area contributed by atoms with Gasteiger partial charge < -0.3 is 9.15 Å². The third-order valence-electron chi connectivity index (χ3n) is 3.54. The zero-order valence-electron chi connectivity index (χ0n) is 13.7. The highest BCUT2D eigenvalue weighted by Crippen LogP contribution is 2.29.